The minimum Gasteiger partial charge on any atom is -0.395 e. The van der Waals surface area contributed by atoms with Crippen LogP contribution in [0.5, 0.6) is 0 Å². The molecule has 0 aliphatic carbocycles. The Hall–Kier alpha value is -2.54. The molecule has 0 aliphatic rings. The number of nitrogens with one attached hydrogen (secondary N) is 1. The lowest BCUT2D eigenvalue weighted by molar-refractivity contribution is 1.28. The summed E-state index contributed by atoms with van der Waals surface area (Å²) in [5, 5.41) is 12.0. The van der Waals surface area contributed by atoms with E-state index in [0.29, 0.717) is 17.1 Å². The summed E-state index contributed by atoms with van der Waals surface area (Å²) >= 11 is 0. The minimum atomic E-state index is 0.373. The number of aromatic nitrogens is 1. The molecule has 0 radical (unpaired) electrons. The normalized spacial score (nSPS) is 9.83. The summed E-state index contributed by atoms with van der Waals surface area (Å²) in [6.45, 7) is 4.10. The maximum atomic E-state index is 8.90. The van der Waals surface area contributed by atoms with Gasteiger partial charge in [-0.15, -0.1) is 0 Å². The highest BCUT2D eigenvalue weighted by Gasteiger charge is 2.06. The summed E-state index contributed by atoms with van der Waals surface area (Å²) < 4.78 is 0. The minimum absolute atomic E-state index is 0.373. The van der Waals surface area contributed by atoms with Crippen LogP contribution in [-0.2, 0) is 0 Å². The number of aryl methyl sites for hydroxylation is 2. The van der Waals surface area contributed by atoms with Crippen molar-refractivity contribution in [2.24, 2.45) is 0 Å². The molecule has 1 aromatic heterocycles. The first kappa shape index (κ1) is 11.9. The van der Waals surface area contributed by atoms with Crippen LogP contribution >= 0.6 is 0 Å². The van der Waals surface area contributed by atoms with Crippen molar-refractivity contribution in [2.45, 2.75) is 13.8 Å². The van der Waals surface area contributed by atoms with Gasteiger partial charge in [0.05, 0.1) is 11.3 Å². The highest BCUT2D eigenvalue weighted by Crippen LogP contribution is 2.24. The van der Waals surface area contributed by atoms with Crippen molar-refractivity contribution < 1.29 is 0 Å². The number of hydrogen-bond donors (Lipinski definition) is 2. The van der Waals surface area contributed by atoms with Crippen molar-refractivity contribution in [2.75, 3.05) is 11.1 Å². The number of benzene rings is 1. The molecule has 0 saturated carbocycles. The summed E-state index contributed by atoms with van der Waals surface area (Å²) in [6.07, 6.45) is 1.57. The molecule has 1 aromatic carbocycles. The number of pyridine rings is 1. The van der Waals surface area contributed by atoms with Crippen LogP contribution in [0.25, 0.3) is 0 Å². The number of nitrogen functional groups attached to an aromatic ring is 1. The monoisotopic (exact) mass is 238 g/mol. The quantitative estimate of drug-likeness (QED) is 0.843. The smallest absolute Gasteiger partial charge is 0.154 e. The average molecular weight is 238 g/mol. The molecule has 0 atom stereocenters. The zero-order valence-electron chi connectivity index (χ0n) is 10.4. The zero-order chi connectivity index (χ0) is 13.1. The van der Waals surface area contributed by atoms with Crippen LogP contribution in [0, 0.1) is 25.2 Å². The van der Waals surface area contributed by atoms with Gasteiger partial charge in [0.25, 0.3) is 0 Å². The van der Waals surface area contributed by atoms with E-state index in [4.69, 9.17) is 11.0 Å². The van der Waals surface area contributed by atoms with Crippen LogP contribution in [0.1, 0.15) is 16.7 Å². The van der Waals surface area contributed by atoms with Gasteiger partial charge in [0.2, 0.25) is 0 Å². The van der Waals surface area contributed by atoms with Crippen molar-refractivity contribution in [3.63, 3.8) is 0 Å². The number of nitrogens with two attached hydrogens (primary N) is 1. The van der Waals surface area contributed by atoms with Gasteiger partial charge < -0.3 is 11.1 Å². The first-order valence-corrected chi connectivity index (χ1v) is 5.60. The third-order valence-electron chi connectivity index (χ3n) is 2.88. The molecular formula is C14H14N4. The van der Waals surface area contributed by atoms with E-state index in [1.807, 2.05) is 31.2 Å². The van der Waals surface area contributed by atoms with Gasteiger partial charge in [0.1, 0.15) is 6.07 Å². The van der Waals surface area contributed by atoms with E-state index in [9.17, 15) is 0 Å². The SMILES string of the molecule is Cc1ccc(Nc2nccc(C#N)c2N)cc1C. The molecule has 0 bridgehead atoms. The fourth-order valence-electron chi connectivity index (χ4n) is 1.63. The Balaban J connectivity index is 2.35. The third kappa shape index (κ3) is 2.25. The molecule has 4 nitrogen and oxygen atoms in total. The Kier molecular flexibility index (Phi) is 3.16. The van der Waals surface area contributed by atoms with E-state index in [-0.39, 0.29) is 0 Å². The lowest BCUT2D eigenvalue weighted by atomic mass is 10.1. The molecule has 2 rings (SSSR count). The van der Waals surface area contributed by atoms with Crippen LogP contribution in [-0.4, -0.2) is 4.98 Å². The van der Waals surface area contributed by atoms with E-state index < -0.39 is 0 Å². The summed E-state index contributed by atoms with van der Waals surface area (Å²) in [4.78, 5) is 4.15. The fourth-order valence-corrected chi connectivity index (χ4v) is 1.63. The van der Waals surface area contributed by atoms with Gasteiger partial charge in [-0.1, -0.05) is 6.07 Å². The van der Waals surface area contributed by atoms with Crippen LogP contribution in [0.3, 0.4) is 0 Å². The molecule has 2 aromatic rings. The summed E-state index contributed by atoms with van der Waals surface area (Å²) in [5.74, 6) is 0.511. The van der Waals surface area contributed by atoms with Gasteiger partial charge in [-0.2, -0.15) is 5.26 Å². The van der Waals surface area contributed by atoms with E-state index >= 15 is 0 Å². The van der Waals surface area contributed by atoms with Crippen molar-refractivity contribution in [1.82, 2.24) is 4.98 Å². The van der Waals surface area contributed by atoms with Gasteiger partial charge in [-0.25, -0.2) is 4.98 Å². The number of rotatable bonds is 2. The highest BCUT2D eigenvalue weighted by atomic mass is 15.0. The second kappa shape index (κ2) is 4.76. The second-order valence-corrected chi connectivity index (χ2v) is 4.16. The highest BCUT2D eigenvalue weighted by molar-refractivity contribution is 5.73. The van der Waals surface area contributed by atoms with Crippen LogP contribution in [0.4, 0.5) is 17.2 Å². The Morgan fingerprint density at radius 3 is 2.67 bits per heavy atom. The van der Waals surface area contributed by atoms with Crippen molar-refractivity contribution >= 4 is 17.2 Å². The van der Waals surface area contributed by atoms with E-state index in [1.165, 1.54) is 11.1 Å². The van der Waals surface area contributed by atoms with Gasteiger partial charge in [0.15, 0.2) is 5.82 Å². The number of anilines is 3. The first-order chi connectivity index (χ1) is 8.61. The van der Waals surface area contributed by atoms with Crippen molar-refractivity contribution in [3.8, 4) is 6.07 Å². The maximum Gasteiger partial charge on any atom is 0.154 e. The van der Waals surface area contributed by atoms with Crippen molar-refractivity contribution in [1.29, 1.82) is 5.26 Å². The Labute approximate surface area is 106 Å². The summed E-state index contributed by atoms with van der Waals surface area (Å²) in [7, 11) is 0. The number of nitriles is 1. The van der Waals surface area contributed by atoms with Crippen LogP contribution < -0.4 is 11.1 Å². The van der Waals surface area contributed by atoms with Crippen LogP contribution in [0.15, 0.2) is 30.5 Å². The standard InChI is InChI=1S/C14H14N4/c1-9-3-4-12(7-10(9)2)18-14-13(16)11(8-15)5-6-17-14/h3-7H,16H2,1-2H3,(H,17,18). The molecule has 0 aliphatic heterocycles. The van der Waals surface area contributed by atoms with Gasteiger partial charge in [-0.3, -0.25) is 0 Å². The summed E-state index contributed by atoms with van der Waals surface area (Å²) in [6, 6.07) is 9.65. The Morgan fingerprint density at radius 2 is 2.00 bits per heavy atom. The molecule has 0 unspecified atom stereocenters. The maximum absolute atomic E-state index is 8.90. The molecular weight excluding hydrogens is 224 g/mol. The predicted molar refractivity (Wildman–Crippen MR) is 72.6 cm³/mol. The topological polar surface area (TPSA) is 74.7 Å². The average Bonchev–Trinajstić information content (AvgIpc) is 2.36. The number of nitrogens with zero attached hydrogens (tertiary/aromatic N) is 2. The van der Waals surface area contributed by atoms with Gasteiger partial charge >= 0.3 is 0 Å². The lowest BCUT2D eigenvalue weighted by Crippen LogP contribution is -2.01. The van der Waals surface area contributed by atoms with Crippen LogP contribution in [0.2, 0.25) is 0 Å². The third-order valence-corrected chi connectivity index (χ3v) is 2.88. The van der Waals surface area contributed by atoms with E-state index in [1.54, 1.807) is 12.3 Å². The molecule has 18 heavy (non-hydrogen) atoms. The van der Waals surface area contributed by atoms with E-state index in [0.717, 1.165) is 5.69 Å². The summed E-state index contributed by atoms with van der Waals surface area (Å²) in [5.41, 5.74) is 9.99. The fraction of sp³-hybridized carbons (Fsp3) is 0.143. The molecule has 1 heterocycles. The predicted octanol–water partition coefficient (Wildman–Crippen LogP) is 2.90. The molecule has 0 saturated heterocycles. The Morgan fingerprint density at radius 1 is 1.22 bits per heavy atom. The molecule has 0 amide bonds. The van der Waals surface area contributed by atoms with Crippen molar-refractivity contribution in [3.05, 3.63) is 47.2 Å². The van der Waals surface area contributed by atoms with Gasteiger partial charge in [0, 0.05) is 11.9 Å². The molecule has 90 valence electrons. The largest absolute Gasteiger partial charge is 0.395 e. The molecule has 3 N–H and O–H groups in total. The second-order valence-electron chi connectivity index (χ2n) is 4.16. The Bertz CT molecular complexity index is 626. The molecule has 4 heteroatoms. The molecule has 0 fully saturated rings. The van der Waals surface area contributed by atoms with Gasteiger partial charge in [-0.05, 0) is 43.2 Å². The lowest BCUT2D eigenvalue weighted by Gasteiger charge is -2.10. The molecule has 0 spiro atoms. The number of hydrogen-bond acceptors (Lipinski definition) is 4. The zero-order valence-corrected chi connectivity index (χ0v) is 10.4. The first-order valence-electron chi connectivity index (χ1n) is 5.60. The van der Waals surface area contributed by atoms with E-state index in [2.05, 4.69) is 17.2 Å².